The Morgan fingerprint density at radius 3 is 2.74 bits per heavy atom. The average molecular weight is 260 g/mol. The van der Waals surface area contributed by atoms with Crippen molar-refractivity contribution in [3.05, 3.63) is 30.4 Å². The highest BCUT2D eigenvalue weighted by atomic mass is 16.5. The van der Waals surface area contributed by atoms with Gasteiger partial charge in [0.1, 0.15) is 0 Å². The van der Waals surface area contributed by atoms with Gasteiger partial charge in [0.2, 0.25) is 5.88 Å². The second-order valence-corrected chi connectivity index (χ2v) is 4.46. The molecule has 0 amide bonds. The molecular weight excluding hydrogens is 240 g/mol. The van der Waals surface area contributed by atoms with E-state index in [1.165, 1.54) is 0 Å². The van der Waals surface area contributed by atoms with Gasteiger partial charge in [-0.3, -0.25) is 0 Å². The van der Waals surface area contributed by atoms with Crippen molar-refractivity contribution in [2.45, 2.75) is 26.3 Å². The first-order valence-electron chi connectivity index (χ1n) is 6.48. The van der Waals surface area contributed by atoms with E-state index in [2.05, 4.69) is 21.5 Å². The number of imidazole rings is 1. The predicted octanol–water partition coefficient (Wildman–Crippen LogP) is 2.00. The van der Waals surface area contributed by atoms with Crippen LogP contribution in [-0.4, -0.2) is 28.2 Å². The van der Waals surface area contributed by atoms with Crippen molar-refractivity contribution in [3.63, 3.8) is 0 Å². The minimum atomic E-state index is 0.615. The van der Waals surface area contributed by atoms with Gasteiger partial charge in [0.25, 0.3) is 0 Å². The van der Waals surface area contributed by atoms with Gasteiger partial charge in [-0.05, 0) is 32.4 Å². The van der Waals surface area contributed by atoms with E-state index in [0.717, 1.165) is 42.9 Å². The molecular formula is C14H20N4O. The molecule has 5 nitrogen and oxygen atoms in total. The first-order chi connectivity index (χ1) is 9.26. The van der Waals surface area contributed by atoms with Crippen LogP contribution in [0.15, 0.2) is 24.7 Å². The van der Waals surface area contributed by atoms with Crippen LogP contribution in [0.3, 0.4) is 0 Å². The van der Waals surface area contributed by atoms with Crippen LogP contribution in [0, 0.1) is 6.92 Å². The van der Waals surface area contributed by atoms with Crippen molar-refractivity contribution in [2.75, 3.05) is 13.7 Å². The number of pyridine rings is 1. The van der Waals surface area contributed by atoms with E-state index in [1.54, 1.807) is 13.3 Å². The predicted molar refractivity (Wildman–Crippen MR) is 75.0 cm³/mol. The van der Waals surface area contributed by atoms with Crippen LogP contribution >= 0.6 is 0 Å². The molecule has 2 rings (SSSR count). The van der Waals surface area contributed by atoms with E-state index >= 15 is 0 Å². The minimum absolute atomic E-state index is 0.615. The molecule has 0 atom stereocenters. The molecule has 2 aromatic heterocycles. The summed E-state index contributed by atoms with van der Waals surface area (Å²) < 4.78 is 7.22. The SMILES string of the molecule is COc1ccc(-c2ncn(CCCCN)c2C)cn1. The smallest absolute Gasteiger partial charge is 0.212 e. The summed E-state index contributed by atoms with van der Waals surface area (Å²) in [4.78, 5) is 8.68. The zero-order valence-electron chi connectivity index (χ0n) is 11.5. The molecule has 0 saturated carbocycles. The molecule has 0 aromatic carbocycles. The summed E-state index contributed by atoms with van der Waals surface area (Å²) in [5.74, 6) is 0.615. The zero-order chi connectivity index (χ0) is 13.7. The molecule has 0 saturated heterocycles. The molecule has 5 heteroatoms. The topological polar surface area (TPSA) is 66.0 Å². The third kappa shape index (κ3) is 3.12. The van der Waals surface area contributed by atoms with Crippen LogP contribution in [0.1, 0.15) is 18.5 Å². The van der Waals surface area contributed by atoms with E-state index in [0.29, 0.717) is 5.88 Å². The van der Waals surface area contributed by atoms with Gasteiger partial charge in [-0.1, -0.05) is 0 Å². The Hall–Kier alpha value is -1.88. The number of nitrogens with two attached hydrogens (primary N) is 1. The summed E-state index contributed by atoms with van der Waals surface area (Å²) in [5.41, 5.74) is 8.65. The Morgan fingerprint density at radius 1 is 1.26 bits per heavy atom. The fourth-order valence-electron chi connectivity index (χ4n) is 2.02. The third-order valence-corrected chi connectivity index (χ3v) is 3.17. The lowest BCUT2D eigenvalue weighted by Gasteiger charge is -2.05. The standard InChI is InChI=1S/C14H20N4O/c1-11-14(12-5-6-13(19-2)16-9-12)17-10-18(11)8-4-3-7-15/h5-6,9-10H,3-4,7-8,15H2,1-2H3. The zero-order valence-corrected chi connectivity index (χ0v) is 11.5. The molecule has 0 spiro atoms. The maximum atomic E-state index is 5.51. The fraction of sp³-hybridized carbons (Fsp3) is 0.429. The molecule has 2 N–H and O–H groups in total. The number of nitrogens with zero attached hydrogens (tertiary/aromatic N) is 3. The molecule has 0 fully saturated rings. The lowest BCUT2D eigenvalue weighted by Crippen LogP contribution is -2.03. The number of hydrogen-bond donors (Lipinski definition) is 1. The van der Waals surface area contributed by atoms with Gasteiger partial charge in [-0.15, -0.1) is 0 Å². The quantitative estimate of drug-likeness (QED) is 0.807. The van der Waals surface area contributed by atoms with Crippen LogP contribution in [0.25, 0.3) is 11.3 Å². The summed E-state index contributed by atoms with van der Waals surface area (Å²) in [6.45, 7) is 3.78. The number of aromatic nitrogens is 3. The molecule has 0 unspecified atom stereocenters. The Balaban J connectivity index is 2.15. The van der Waals surface area contributed by atoms with E-state index in [4.69, 9.17) is 10.5 Å². The third-order valence-electron chi connectivity index (χ3n) is 3.17. The van der Waals surface area contributed by atoms with Crippen molar-refractivity contribution < 1.29 is 4.74 Å². The number of methoxy groups -OCH3 is 1. The maximum absolute atomic E-state index is 5.51. The molecule has 0 aliphatic rings. The van der Waals surface area contributed by atoms with Crippen LogP contribution in [0.4, 0.5) is 0 Å². The second kappa shape index (κ2) is 6.33. The first-order valence-corrected chi connectivity index (χ1v) is 6.48. The molecule has 19 heavy (non-hydrogen) atoms. The number of rotatable bonds is 6. The molecule has 2 aromatic rings. The fourth-order valence-corrected chi connectivity index (χ4v) is 2.02. The lowest BCUT2D eigenvalue weighted by molar-refractivity contribution is 0.398. The van der Waals surface area contributed by atoms with Gasteiger partial charge in [0.05, 0.1) is 19.1 Å². The molecule has 0 radical (unpaired) electrons. The molecule has 0 aliphatic heterocycles. The van der Waals surface area contributed by atoms with E-state index in [-0.39, 0.29) is 0 Å². The number of unbranched alkanes of at least 4 members (excludes halogenated alkanes) is 1. The average Bonchev–Trinajstić information content (AvgIpc) is 2.81. The van der Waals surface area contributed by atoms with Crippen LogP contribution < -0.4 is 10.5 Å². The number of aryl methyl sites for hydroxylation is 1. The largest absolute Gasteiger partial charge is 0.481 e. The second-order valence-electron chi connectivity index (χ2n) is 4.46. The number of ether oxygens (including phenoxy) is 1. The normalized spacial score (nSPS) is 10.7. The maximum Gasteiger partial charge on any atom is 0.212 e. The minimum Gasteiger partial charge on any atom is -0.481 e. The van der Waals surface area contributed by atoms with Gasteiger partial charge in [-0.25, -0.2) is 9.97 Å². The van der Waals surface area contributed by atoms with Crippen LogP contribution in [-0.2, 0) is 6.54 Å². The Bertz CT molecular complexity index is 519. The van der Waals surface area contributed by atoms with Gasteiger partial charge in [0.15, 0.2) is 0 Å². The lowest BCUT2D eigenvalue weighted by atomic mass is 10.2. The van der Waals surface area contributed by atoms with E-state index in [9.17, 15) is 0 Å². The van der Waals surface area contributed by atoms with Gasteiger partial charge >= 0.3 is 0 Å². The van der Waals surface area contributed by atoms with Gasteiger partial charge < -0.3 is 15.0 Å². The van der Waals surface area contributed by atoms with Gasteiger partial charge in [-0.2, -0.15) is 0 Å². The van der Waals surface area contributed by atoms with Crippen molar-refractivity contribution in [1.29, 1.82) is 0 Å². The summed E-state index contributed by atoms with van der Waals surface area (Å²) >= 11 is 0. The van der Waals surface area contributed by atoms with E-state index < -0.39 is 0 Å². The highest BCUT2D eigenvalue weighted by Crippen LogP contribution is 2.22. The summed E-state index contributed by atoms with van der Waals surface area (Å²) in [6.07, 6.45) is 5.79. The van der Waals surface area contributed by atoms with Crippen molar-refractivity contribution in [3.8, 4) is 17.1 Å². The number of hydrogen-bond acceptors (Lipinski definition) is 4. The first kappa shape index (κ1) is 13.5. The highest BCUT2D eigenvalue weighted by Gasteiger charge is 2.09. The summed E-state index contributed by atoms with van der Waals surface area (Å²) in [6, 6.07) is 3.83. The van der Waals surface area contributed by atoms with Crippen molar-refractivity contribution in [2.24, 2.45) is 5.73 Å². The van der Waals surface area contributed by atoms with Crippen LogP contribution in [0.5, 0.6) is 5.88 Å². The van der Waals surface area contributed by atoms with Crippen molar-refractivity contribution >= 4 is 0 Å². The molecule has 102 valence electrons. The summed E-state index contributed by atoms with van der Waals surface area (Å²) in [5, 5.41) is 0. The molecule has 2 heterocycles. The Labute approximate surface area is 113 Å². The van der Waals surface area contributed by atoms with Crippen molar-refractivity contribution in [1.82, 2.24) is 14.5 Å². The van der Waals surface area contributed by atoms with E-state index in [1.807, 2.05) is 18.5 Å². The molecule has 0 aliphatic carbocycles. The molecule has 0 bridgehead atoms. The monoisotopic (exact) mass is 260 g/mol. The van der Waals surface area contributed by atoms with Crippen LogP contribution in [0.2, 0.25) is 0 Å². The summed E-state index contributed by atoms with van der Waals surface area (Å²) in [7, 11) is 1.61. The highest BCUT2D eigenvalue weighted by molar-refractivity contribution is 5.60. The Morgan fingerprint density at radius 2 is 2.11 bits per heavy atom. The Kier molecular flexibility index (Phi) is 4.52. The van der Waals surface area contributed by atoms with Gasteiger partial charge in [0, 0.05) is 30.1 Å².